The molecule has 0 atom stereocenters. The number of hydrogen-bond acceptors (Lipinski definition) is 0. The first-order valence-electron chi connectivity index (χ1n) is 7.15. The lowest BCUT2D eigenvalue weighted by atomic mass is 9.90. The van der Waals surface area contributed by atoms with Gasteiger partial charge in [-0.3, -0.25) is 0 Å². The van der Waals surface area contributed by atoms with Gasteiger partial charge in [-0.05, 0) is 42.5 Å². The number of allylic oxidation sites excluding steroid dienone is 9. The second-order valence-corrected chi connectivity index (χ2v) is 5.01. The maximum Gasteiger partial charge on any atom is 0.0399 e. The van der Waals surface area contributed by atoms with Crippen molar-refractivity contribution >= 4 is 11.1 Å². The van der Waals surface area contributed by atoms with E-state index < -0.39 is 0 Å². The zero-order valence-corrected chi connectivity index (χ0v) is 12.7. The molecule has 0 aliphatic heterocycles. The van der Waals surface area contributed by atoms with E-state index in [9.17, 15) is 0 Å². The third-order valence-electron chi connectivity index (χ3n) is 3.70. The van der Waals surface area contributed by atoms with Gasteiger partial charge in [0.2, 0.25) is 0 Å². The summed E-state index contributed by atoms with van der Waals surface area (Å²) >= 11 is 0. The van der Waals surface area contributed by atoms with Gasteiger partial charge >= 0.3 is 0 Å². The third kappa shape index (κ3) is 2.98. The summed E-state index contributed by atoms with van der Waals surface area (Å²) in [5.74, 6) is 2.88. The Balaban J connectivity index is 2.63. The number of terminal acetylenes is 1. The molecule has 2 rings (SSSR count). The van der Waals surface area contributed by atoms with Gasteiger partial charge in [0, 0.05) is 5.56 Å². The first-order valence-corrected chi connectivity index (χ1v) is 7.15. The lowest BCUT2D eigenvalue weighted by Crippen LogP contribution is -1.95. The van der Waals surface area contributed by atoms with Crippen molar-refractivity contribution in [3.05, 3.63) is 83.5 Å². The molecule has 0 spiro atoms. The molecule has 0 unspecified atom stereocenters. The molecule has 0 heterocycles. The Bertz CT molecular complexity index is 713. The number of hydrogen-bond donors (Lipinski definition) is 0. The van der Waals surface area contributed by atoms with Gasteiger partial charge in [0.25, 0.3) is 0 Å². The molecule has 0 radical (unpaired) electrons. The largest absolute Gasteiger partial charge is 0.115 e. The van der Waals surface area contributed by atoms with Crippen molar-refractivity contribution in [2.75, 3.05) is 0 Å². The monoisotopic (exact) mass is 272 g/mol. The van der Waals surface area contributed by atoms with E-state index in [2.05, 4.69) is 55.9 Å². The molecule has 104 valence electrons. The minimum Gasteiger partial charge on any atom is -0.115 e. The molecule has 0 saturated carbocycles. The quantitative estimate of drug-likeness (QED) is 0.498. The molecule has 0 amide bonds. The van der Waals surface area contributed by atoms with Crippen LogP contribution in [0.4, 0.5) is 0 Å². The fourth-order valence-electron chi connectivity index (χ4n) is 2.61. The average Bonchev–Trinajstić information content (AvgIpc) is 2.93. The molecule has 0 bridgehead atoms. The first-order chi connectivity index (χ1) is 10.2. The summed E-state index contributed by atoms with van der Waals surface area (Å²) in [6.45, 7) is 7.91. The molecular formula is C21H20. The second-order valence-electron chi connectivity index (χ2n) is 5.01. The SMILES string of the molecule is C#Cc1c(C2=C(C)CC=C2)cccc1C(/C=C\C=C)=C/C. The maximum atomic E-state index is 5.82. The summed E-state index contributed by atoms with van der Waals surface area (Å²) < 4.78 is 0. The van der Waals surface area contributed by atoms with Crippen LogP contribution in [0.2, 0.25) is 0 Å². The van der Waals surface area contributed by atoms with Gasteiger partial charge in [0.15, 0.2) is 0 Å². The summed E-state index contributed by atoms with van der Waals surface area (Å²) in [4.78, 5) is 0. The molecule has 0 nitrogen and oxygen atoms in total. The second kappa shape index (κ2) is 6.77. The highest BCUT2D eigenvalue weighted by molar-refractivity contribution is 5.87. The zero-order chi connectivity index (χ0) is 15.2. The Morgan fingerprint density at radius 1 is 1.38 bits per heavy atom. The Morgan fingerprint density at radius 2 is 2.19 bits per heavy atom. The van der Waals surface area contributed by atoms with Crippen LogP contribution in [0, 0.1) is 12.3 Å². The van der Waals surface area contributed by atoms with Crippen LogP contribution in [0.25, 0.3) is 11.1 Å². The van der Waals surface area contributed by atoms with E-state index in [0.717, 1.165) is 28.7 Å². The minimum atomic E-state index is 0.959. The Kier molecular flexibility index (Phi) is 4.80. The maximum absolute atomic E-state index is 5.82. The minimum absolute atomic E-state index is 0.959. The van der Waals surface area contributed by atoms with Gasteiger partial charge in [0.05, 0.1) is 0 Å². The Morgan fingerprint density at radius 3 is 2.76 bits per heavy atom. The average molecular weight is 272 g/mol. The van der Waals surface area contributed by atoms with E-state index in [1.54, 1.807) is 6.08 Å². The van der Waals surface area contributed by atoms with Gasteiger partial charge in [-0.25, -0.2) is 0 Å². The number of rotatable bonds is 4. The standard InChI is InChI=1S/C21H20/c1-5-8-12-17(6-2)20-14-10-15-21(18(20)7-3)19-13-9-11-16(19)4/h3,5-6,8-10,12-15H,1,11H2,2,4H3/b12-8-,17-6+. The first kappa shape index (κ1) is 14.9. The van der Waals surface area contributed by atoms with Crippen LogP contribution in [-0.4, -0.2) is 0 Å². The van der Waals surface area contributed by atoms with Gasteiger partial charge in [-0.2, -0.15) is 0 Å². The molecule has 0 N–H and O–H groups in total. The fraction of sp³-hybridized carbons (Fsp3) is 0.143. The topological polar surface area (TPSA) is 0 Å². The summed E-state index contributed by atoms with van der Waals surface area (Å²) in [7, 11) is 0. The van der Waals surface area contributed by atoms with Gasteiger partial charge in [-0.1, -0.05) is 72.7 Å². The van der Waals surface area contributed by atoms with E-state index in [1.165, 1.54) is 11.1 Å². The molecule has 0 fully saturated rings. The highest BCUT2D eigenvalue weighted by Gasteiger charge is 2.14. The lowest BCUT2D eigenvalue weighted by Gasteiger charge is -2.12. The predicted molar refractivity (Wildman–Crippen MR) is 93.7 cm³/mol. The molecular weight excluding hydrogens is 252 g/mol. The van der Waals surface area contributed by atoms with Gasteiger partial charge in [-0.15, -0.1) is 6.42 Å². The summed E-state index contributed by atoms with van der Waals surface area (Å²) in [5.41, 5.74) is 6.94. The van der Waals surface area contributed by atoms with Crippen molar-refractivity contribution in [1.29, 1.82) is 0 Å². The van der Waals surface area contributed by atoms with E-state index >= 15 is 0 Å². The van der Waals surface area contributed by atoms with E-state index in [-0.39, 0.29) is 0 Å². The molecule has 1 aromatic carbocycles. The van der Waals surface area contributed by atoms with Crippen LogP contribution < -0.4 is 0 Å². The van der Waals surface area contributed by atoms with Crippen LogP contribution in [0.3, 0.4) is 0 Å². The fourth-order valence-corrected chi connectivity index (χ4v) is 2.61. The molecule has 1 aliphatic carbocycles. The van der Waals surface area contributed by atoms with Crippen molar-refractivity contribution in [2.45, 2.75) is 20.3 Å². The van der Waals surface area contributed by atoms with Crippen molar-refractivity contribution in [2.24, 2.45) is 0 Å². The highest BCUT2D eigenvalue weighted by atomic mass is 14.2. The molecule has 21 heavy (non-hydrogen) atoms. The normalized spacial score (nSPS) is 14.8. The van der Waals surface area contributed by atoms with Crippen LogP contribution in [0.1, 0.15) is 37.0 Å². The highest BCUT2D eigenvalue weighted by Crippen LogP contribution is 2.33. The molecule has 1 aromatic rings. The lowest BCUT2D eigenvalue weighted by molar-refractivity contribution is 1.25. The Labute approximate surface area is 127 Å². The zero-order valence-electron chi connectivity index (χ0n) is 12.7. The Hall–Kier alpha value is -2.52. The van der Waals surface area contributed by atoms with Gasteiger partial charge < -0.3 is 0 Å². The van der Waals surface area contributed by atoms with E-state index in [0.29, 0.717) is 0 Å². The summed E-state index contributed by atoms with van der Waals surface area (Å²) in [5, 5.41) is 0. The summed E-state index contributed by atoms with van der Waals surface area (Å²) in [6.07, 6.45) is 19.0. The van der Waals surface area contributed by atoms with Crippen molar-refractivity contribution in [1.82, 2.24) is 0 Å². The van der Waals surface area contributed by atoms with Crippen molar-refractivity contribution < 1.29 is 0 Å². The number of benzene rings is 1. The van der Waals surface area contributed by atoms with Crippen molar-refractivity contribution in [3.8, 4) is 12.3 Å². The predicted octanol–water partition coefficient (Wildman–Crippen LogP) is 5.55. The van der Waals surface area contributed by atoms with Crippen LogP contribution in [-0.2, 0) is 0 Å². The molecule has 0 saturated heterocycles. The van der Waals surface area contributed by atoms with Crippen molar-refractivity contribution in [3.63, 3.8) is 0 Å². The van der Waals surface area contributed by atoms with Crippen LogP contribution in [0.5, 0.6) is 0 Å². The summed E-state index contributed by atoms with van der Waals surface area (Å²) in [6, 6.07) is 6.26. The molecule has 1 aliphatic rings. The van der Waals surface area contributed by atoms with Crippen LogP contribution >= 0.6 is 0 Å². The third-order valence-corrected chi connectivity index (χ3v) is 3.70. The smallest absolute Gasteiger partial charge is 0.0399 e. The van der Waals surface area contributed by atoms with Crippen LogP contribution in [0.15, 0.2) is 66.8 Å². The van der Waals surface area contributed by atoms with E-state index in [4.69, 9.17) is 6.42 Å². The van der Waals surface area contributed by atoms with Gasteiger partial charge in [0.1, 0.15) is 0 Å². The molecule has 0 heteroatoms. The molecule has 0 aromatic heterocycles. The van der Waals surface area contributed by atoms with E-state index in [1.807, 2.05) is 19.1 Å².